The lowest BCUT2D eigenvalue weighted by Gasteiger charge is -2.29. The SMILES string of the molecule is CC(C)(C)N1Cc2cc(Nc3nn(C4CCCCCC4C#N)c4cc[nH]c(=O)c34)ccc2S1(=O)=O. The fourth-order valence-electron chi connectivity index (χ4n) is 5.30. The molecule has 0 amide bonds. The van der Waals surface area contributed by atoms with Gasteiger partial charge in [0.05, 0.1) is 28.4 Å². The molecule has 35 heavy (non-hydrogen) atoms. The summed E-state index contributed by atoms with van der Waals surface area (Å²) in [6, 6.07) is 9.30. The number of hydrogen-bond donors (Lipinski definition) is 2. The van der Waals surface area contributed by atoms with E-state index in [2.05, 4.69) is 16.4 Å². The van der Waals surface area contributed by atoms with Gasteiger partial charge in [0.15, 0.2) is 5.82 Å². The number of hydrogen-bond acceptors (Lipinski definition) is 6. The number of aromatic nitrogens is 3. The molecule has 1 fully saturated rings. The number of aromatic amines is 1. The summed E-state index contributed by atoms with van der Waals surface area (Å²) in [6.07, 6.45) is 6.37. The van der Waals surface area contributed by atoms with Crippen LogP contribution in [0, 0.1) is 17.2 Å². The zero-order valence-electron chi connectivity index (χ0n) is 20.2. The number of anilines is 2. The van der Waals surface area contributed by atoms with E-state index in [0.29, 0.717) is 39.4 Å². The minimum Gasteiger partial charge on any atom is -0.338 e. The summed E-state index contributed by atoms with van der Waals surface area (Å²) >= 11 is 0. The smallest absolute Gasteiger partial charge is 0.261 e. The Kier molecular flexibility index (Phi) is 5.73. The van der Waals surface area contributed by atoms with Crippen molar-refractivity contribution in [1.82, 2.24) is 19.1 Å². The van der Waals surface area contributed by atoms with Crippen LogP contribution < -0.4 is 10.9 Å². The number of nitrogens with one attached hydrogen (secondary N) is 2. The number of nitriles is 1. The predicted octanol–water partition coefficient (Wildman–Crippen LogP) is 4.42. The molecule has 5 rings (SSSR count). The van der Waals surface area contributed by atoms with Gasteiger partial charge in [-0.15, -0.1) is 0 Å². The highest BCUT2D eigenvalue weighted by Gasteiger charge is 2.41. The fourth-order valence-corrected chi connectivity index (χ4v) is 7.26. The molecule has 1 aliphatic carbocycles. The van der Waals surface area contributed by atoms with Crippen LogP contribution in [0.2, 0.25) is 0 Å². The zero-order chi connectivity index (χ0) is 25.0. The Morgan fingerprint density at radius 2 is 1.94 bits per heavy atom. The molecule has 2 aromatic heterocycles. The summed E-state index contributed by atoms with van der Waals surface area (Å²) in [4.78, 5) is 15.9. The van der Waals surface area contributed by atoms with E-state index in [-0.39, 0.29) is 17.5 Å². The van der Waals surface area contributed by atoms with Gasteiger partial charge < -0.3 is 10.3 Å². The monoisotopic (exact) mass is 494 g/mol. The second-order valence-electron chi connectivity index (χ2n) is 10.4. The second kappa shape index (κ2) is 8.50. The molecule has 0 radical (unpaired) electrons. The third-order valence-corrected chi connectivity index (χ3v) is 9.25. The van der Waals surface area contributed by atoms with Gasteiger partial charge in [-0.2, -0.15) is 14.7 Å². The first-order valence-electron chi connectivity index (χ1n) is 12.0. The molecule has 1 saturated carbocycles. The molecule has 2 N–H and O–H groups in total. The third kappa shape index (κ3) is 4.02. The largest absolute Gasteiger partial charge is 0.338 e. The van der Waals surface area contributed by atoms with Crippen molar-refractivity contribution in [2.75, 3.05) is 5.32 Å². The average molecular weight is 495 g/mol. The van der Waals surface area contributed by atoms with Gasteiger partial charge in [-0.1, -0.05) is 19.3 Å². The van der Waals surface area contributed by atoms with Gasteiger partial charge in [-0.25, -0.2) is 8.42 Å². The van der Waals surface area contributed by atoms with Crippen LogP contribution >= 0.6 is 0 Å². The van der Waals surface area contributed by atoms with Gasteiger partial charge in [0.2, 0.25) is 10.0 Å². The molecule has 2 aliphatic rings. The van der Waals surface area contributed by atoms with E-state index in [4.69, 9.17) is 5.10 Å². The van der Waals surface area contributed by atoms with E-state index in [9.17, 15) is 18.5 Å². The first kappa shape index (κ1) is 23.6. The number of fused-ring (bicyclic) bond motifs is 2. The zero-order valence-corrected chi connectivity index (χ0v) is 21.0. The van der Waals surface area contributed by atoms with Crippen LogP contribution in [0.25, 0.3) is 10.9 Å². The Bertz CT molecular complexity index is 1490. The molecule has 3 aromatic rings. The lowest BCUT2D eigenvalue weighted by Crippen LogP contribution is -2.41. The van der Waals surface area contributed by atoms with Crippen LogP contribution in [0.5, 0.6) is 0 Å². The van der Waals surface area contributed by atoms with Gasteiger partial charge in [0.1, 0.15) is 5.39 Å². The lowest BCUT2D eigenvalue weighted by molar-refractivity contribution is 0.252. The molecule has 2 unspecified atom stereocenters. The molecule has 0 bridgehead atoms. The van der Waals surface area contributed by atoms with Crippen LogP contribution in [0.1, 0.15) is 64.5 Å². The Balaban J connectivity index is 1.56. The summed E-state index contributed by atoms with van der Waals surface area (Å²) in [6.45, 7) is 5.92. The normalized spacial score (nSPS) is 22.5. The molecule has 0 saturated heterocycles. The van der Waals surface area contributed by atoms with E-state index < -0.39 is 15.6 Å². The maximum Gasteiger partial charge on any atom is 0.261 e. The van der Waals surface area contributed by atoms with Crippen LogP contribution in [-0.4, -0.2) is 33.0 Å². The van der Waals surface area contributed by atoms with Crippen molar-refractivity contribution in [2.45, 2.75) is 75.9 Å². The average Bonchev–Trinajstić information content (AvgIpc) is 3.17. The van der Waals surface area contributed by atoms with Crippen molar-refractivity contribution in [3.63, 3.8) is 0 Å². The van der Waals surface area contributed by atoms with Crippen molar-refractivity contribution < 1.29 is 8.42 Å². The molecule has 3 heterocycles. The number of benzene rings is 1. The van der Waals surface area contributed by atoms with E-state index in [0.717, 1.165) is 32.1 Å². The van der Waals surface area contributed by atoms with E-state index >= 15 is 0 Å². The molecule has 184 valence electrons. The maximum atomic E-state index is 13.0. The highest BCUT2D eigenvalue weighted by atomic mass is 32.2. The van der Waals surface area contributed by atoms with Gasteiger partial charge in [0, 0.05) is 24.0 Å². The summed E-state index contributed by atoms with van der Waals surface area (Å²) in [5, 5.41) is 18.3. The molecule has 10 heteroatoms. The molecule has 2 atom stereocenters. The summed E-state index contributed by atoms with van der Waals surface area (Å²) < 4.78 is 29.3. The molecule has 1 aromatic carbocycles. The quantitative estimate of drug-likeness (QED) is 0.520. The van der Waals surface area contributed by atoms with Crippen LogP contribution in [0.15, 0.2) is 40.2 Å². The first-order valence-corrected chi connectivity index (χ1v) is 13.5. The number of nitrogens with zero attached hydrogens (tertiary/aromatic N) is 4. The van der Waals surface area contributed by atoms with Gasteiger partial charge >= 0.3 is 0 Å². The number of rotatable bonds is 3. The molecule has 9 nitrogen and oxygen atoms in total. The van der Waals surface area contributed by atoms with E-state index in [1.54, 1.807) is 18.3 Å². The summed E-state index contributed by atoms with van der Waals surface area (Å²) in [7, 11) is -3.56. The van der Waals surface area contributed by atoms with Gasteiger partial charge in [-0.05, 0) is 63.4 Å². The van der Waals surface area contributed by atoms with Crippen LogP contribution in [0.3, 0.4) is 0 Å². The highest BCUT2D eigenvalue weighted by Crippen LogP contribution is 2.38. The summed E-state index contributed by atoms with van der Waals surface area (Å²) in [5.74, 6) is 0.234. The van der Waals surface area contributed by atoms with E-state index in [1.165, 1.54) is 4.31 Å². The number of H-pyrrole nitrogens is 1. The van der Waals surface area contributed by atoms with Gasteiger partial charge in [0.25, 0.3) is 5.56 Å². The highest BCUT2D eigenvalue weighted by molar-refractivity contribution is 7.89. The number of pyridine rings is 1. The Morgan fingerprint density at radius 1 is 1.17 bits per heavy atom. The van der Waals surface area contributed by atoms with E-state index in [1.807, 2.05) is 37.6 Å². The molecule has 0 spiro atoms. The first-order chi connectivity index (χ1) is 16.6. The maximum absolute atomic E-state index is 13.0. The molecule has 1 aliphatic heterocycles. The van der Waals surface area contributed by atoms with Crippen LogP contribution in [-0.2, 0) is 16.6 Å². The van der Waals surface area contributed by atoms with Crippen molar-refractivity contribution in [3.05, 3.63) is 46.4 Å². The third-order valence-electron chi connectivity index (χ3n) is 7.04. The van der Waals surface area contributed by atoms with Crippen molar-refractivity contribution >= 4 is 32.4 Å². The van der Waals surface area contributed by atoms with Crippen molar-refractivity contribution in [3.8, 4) is 6.07 Å². The Labute approximate surface area is 204 Å². The fraction of sp³-hybridized carbons (Fsp3) is 0.480. The molecular formula is C25H30N6O3S. The summed E-state index contributed by atoms with van der Waals surface area (Å²) in [5.41, 5.74) is 1.24. The Hall–Kier alpha value is -3.16. The topological polar surface area (TPSA) is 124 Å². The standard InChI is InChI=1S/C25H30N6O3S/c1-25(2,3)30-15-17-13-18(9-10-21(17)35(30,33)34)28-23-22-20(11-12-27-24(22)32)31(29-23)19-8-6-4-5-7-16(19)14-26/h9-13,16,19H,4-8,15H2,1-3H3,(H,27,32)(H,28,29). The minimum absolute atomic E-state index is 0.104. The lowest BCUT2D eigenvalue weighted by atomic mass is 9.96. The van der Waals surface area contributed by atoms with Crippen molar-refractivity contribution in [1.29, 1.82) is 5.26 Å². The van der Waals surface area contributed by atoms with Crippen LogP contribution in [0.4, 0.5) is 11.5 Å². The Morgan fingerprint density at radius 3 is 2.69 bits per heavy atom. The van der Waals surface area contributed by atoms with Gasteiger partial charge in [-0.3, -0.25) is 9.48 Å². The predicted molar refractivity (Wildman–Crippen MR) is 134 cm³/mol. The van der Waals surface area contributed by atoms with Crippen molar-refractivity contribution in [2.24, 2.45) is 5.92 Å². The number of sulfonamides is 1. The molecular weight excluding hydrogens is 464 g/mol. The second-order valence-corrected chi connectivity index (χ2v) is 12.3. The minimum atomic E-state index is -3.56.